The van der Waals surface area contributed by atoms with Crippen molar-refractivity contribution in [1.82, 2.24) is 19.6 Å². The van der Waals surface area contributed by atoms with Gasteiger partial charge >= 0.3 is 0 Å². The van der Waals surface area contributed by atoms with Gasteiger partial charge in [-0.2, -0.15) is 4.31 Å². The van der Waals surface area contributed by atoms with Crippen molar-refractivity contribution in [1.29, 1.82) is 0 Å². The van der Waals surface area contributed by atoms with Crippen LogP contribution in [0.2, 0.25) is 0 Å². The van der Waals surface area contributed by atoms with Crippen LogP contribution in [0.3, 0.4) is 0 Å². The molecule has 1 aromatic heterocycles. The summed E-state index contributed by atoms with van der Waals surface area (Å²) in [6.45, 7) is 4.10. The highest BCUT2D eigenvalue weighted by molar-refractivity contribution is 7.89. The third-order valence-corrected chi connectivity index (χ3v) is 5.10. The molecule has 1 saturated heterocycles. The van der Waals surface area contributed by atoms with E-state index in [0.29, 0.717) is 31.9 Å². The predicted octanol–water partition coefficient (Wildman–Crippen LogP) is 0.194. The number of rotatable bonds is 3. The number of hydrogen-bond acceptors (Lipinski definition) is 5. The monoisotopic (exact) mass is 292 g/mol. The van der Waals surface area contributed by atoms with Crippen LogP contribution in [-0.4, -0.2) is 48.9 Å². The number of nitrogens with zero attached hydrogens (tertiary/aromatic N) is 3. The summed E-state index contributed by atoms with van der Waals surface area (Å²) in [5.74, 6) is 0. The number of nitrogens with one attached hydrogen (secondary N) is 1. The van der Waals surface area contributed by atoms with Gasteiger partial charge in [0, 0.05) is 44.8 Å². The Hall–Kier alpha value is -0.760. The predicted molar refractivity (Wildman–Crippen MR) is 71.1 cm³/mol. The molecule has 1 aromatic rings. The lowest BCUT2D eigenvalue weighted by molar-refractivity contribution is 0.356. The standard InChI is InChI=1S/C10H16N4O2S.ClH/c1-9(10-8-12-2-3-13-10)17(15,16)14-6-4-11-5-7-14;/h2-3,8-9,11H,4-7H2,1H3;1H. The quantitative estimate of drug-likeness (QED) is 0.861. The Labute approximate surface area is 113 Å². The summed E-state index contributed by atoms with van der Waals surface area (Å²) in [5.41, 5.74) is 0.492. The molecular formula is C10H17ClN4O2S. The number of hydrogen-bond donors (Lipinski definition) is 1. The van der Waals surface area contributed by atoms with Crippen molar-refractivity contribution >= 4 is 22.4 Å². The molecule has 0 bridgehead atoms. The average molecular weight is 293 g/mol. The molecule has 0 amide bonds. The first-order valence-corrected chi connectivity index (χ1v) is 7.08. The lowest BCUT2D eigenvalue weighted by Crippen LogP contribution is -2.47. The van der Waals surface area contributed by atoms with Gasteiger partial charge in [0.15, 0.2) is 0 Å². The number of aromatic nitrogens is 2. The van der Waals surface area contributed by atoms with Gasteiger partial charge in [-0.3, -0.25) is 9.97 Å². The minimum Gasteiger partial charge on any atom is -0.314 e. The minimum atomic E-state index is -3.32. The van der Waals surface area contributed by atoms with Crippen LogP contribution < -0.4 is 5.32 Å². The summed E-state index contributed by atoms with van der Waals surface area (Å²) in [6.07, 6.45) is 4.55. The highest BCUT2D eigenvalue weighted by Crippen LogP contribution is 2.22. The van der Waals surface area contributed by atoms with E-state index in [-0.39, 0.29) is 12.4 Å². The van der Waals surface area contributed by atoms with Crippen LogP contribution in [0.5, 0.6) is 0 Å². The van der Waals surface area contributed by atoms with Crippen LogP contribution in [0.25, 0.3) is 0 Å². The summed E-state index contributed by atoms with van der Waals surface area (Å²) in [6, 6.07) is 0. The molecule has 0 aromatic carbocycles. The molecule has 1 aliphatic heterocycles. The van der Waals surface area contributed by atoms with Crippen LogP contribution in [0, 0.1) is 0 Å². The summed E-state index contributed by atoms with van der Waals surface area (Å²) >= 11 is 0. The molecule has 1 fully saturated rings. The number of halogens is 1. The first-order chi connectivity index (χ1) is 8.12. The van der Waals surface area contributed by atoms with Gasteiger partial charge in [0.1, 0.15) is 5.25 Å². The largest absolute Gasteiger partial charge is 0.314 e. The Kier molecular flexibility index (Phi) is 5.46. The molecule has 1 N–H and O–H groups in total. The number of sulfonamides is 1. The smallest absolute Gasteiger partial charge is 0.222 e. The minimum absolute atomic E-state index is 0. The van der Waals surface area contributed by atoms with Crippen LogP contribution in [0.1, 0.15) is 17.9 Å². The van der Waals surface area contributed by atoms with E-state index in [1.807, 2.05) is 0 Å². The fourth-order valence-electron chi connectivity index (χ4n) is 1.80. The zero-order valence-electron chi connectivity index (χ0n) is 10.1. The van der Waals surface area contributed by atoms with E-state index in [0.717, 1.165) is 0 Å². The second-order valence-corrected chi connectivity index (χ2v) is 6.22. The molecule has 1 aliphatic rings. The molecule has 8 heteroatoms. The first kappa shape index (κ1) is 15.3. The molecular weight excluding hydrogens is 276 g/mol. The van der Waals surface area contributed by atoms with Crippen LogP contribution in [0.4, 0.5) is 0 Å². The van der Waals surface area contributed by atoms with Gasteiger partial charge in [0.05, 0.1) is 5.69 Å². The highest BCUT2D eigenvalue weighted by Gasteiger charge is 2.31. The third kappa shape index (κ3) is 3.17. The van der Waals surface area contributed by atoms with Crippen molar-refractivity contribution in [3.8, 4) is 0 Å². The third-order valence-electron chi connectivity index (χ3n) is 2.88. The van der Waals surface area contributed by atoms with E-state index in [4.69, 9.17) is 0 Å². The number of piperazine rings is 1. The van der Waals surface area contributed by atoms with E-state index in [1.54, 1.807) is 6.92 Å². The molecule has 0 aliphatic carbocycles. The summed E-state index contributed by atoms with van der Waals surface area (Å²) in [4.78, 5) is 7.96. The fraction of sp³-hybridized carbons (Fsp3) is 0.600. The van der Waals surface area contributed by atoms with Gasteiger partial charge in [-0.15, -0.1) is 12.4 Å². The maximum absolute atomic E-state index is 12.3. The maximum atomic E-state index is 12.3. The van der Waals surface area contributed by atoms with E-state index in [2.05, 4.69) is 15.3 Å². The Morgan fingerprint density at radius 1 is 1.33 bits per heavy atom. The molecule has 0 spiro atoms. The van der Waals surface area contributed by atoms with Crippen LogP contribution in [-0.2, 0) is 10.0 Å². The second kappa shape index (κ2) is 6.42. The van der Waals surface area contributed by atoms with Crippen LogP contribution in [0.15, 0.2) is 18.6 Å². The normalized spacial score (nSPS) is 18.9. The van der Waals surface area contributed by atoms with E-state index in [1.165, 1.54) is 22.9 Å². The molecule has 0 saturated carbocycles. The van der Waals surface area contributed by atoms with Gasteiger partial charge in [-0.1, -0.05) is 0 Å². The maximum Gasteiger partial charge on any atom is 0.222 e. The van der Waals surface area contributed by atoms with Gasteiger partial charge in [-0.05, 0) is 6.92 Å². The topological polar surface area (TPSA) is 75.2 Å². The van der Waals surface area contributed by atoms with Crippen molar-refractivity contribution in [3.63, 3.8) is 0 Å². The zero-order valence-corrected chi connectivity index (χ0v) is 11.7. The van der Waals surface area contributed by atoms with Gasteiger partial charge in [-0.25, -0.2) is 8.42 Å². The first-order valence-electron chi connectivity index (χ1n) is 5.58. The fourth-order valence-corrected chi connectivity index (χ4v) is 3.36. The van der Waals surface area contributed by atoms with E-state index < -0.39 is 15.3 Å². The van der Waals surface area contributed by atoms with Gasteiger partial charge in [0.2, 0.25) is 10.0 Å². The van der Waals surface area contributed by atoms with E-state index in [9.17, 15) is 8.42 Å². The van der Waals surface area contributed by atoms with Gasteiger partial charge in [0.25, 0.3) is 0 Å². The molecule has 6 nitrogen and oxygen atoms in total. The molecule has 0 radical (unpaired) electrons. The zero-order chi connectivity index (χ0) is 12.3. The highest BCUT2D eigenvalue weighted by atomic mass is 35.5. The summed E-state index contributed by atoms with van der Waals surface area (Å²) in [7, 11) is -3.32. The molecule has 1 unspecified atom stereocenters. The Morgan fingerprint density at radius 2 is 2.00 bits per heavy atom. The van der Waals surface area contributed by atoms with Crippen molar-refractivity contribution < 1.29 is 8.42 Å². The Balaban J connectivity index is 0.00000162. The average Bonchev–Trinajstić information content (AvgIpc) is 2.40. The molecule has 2 rings (SSSR count). The molecule has 1 atom stereocenters. The lowest BCUT2D eigenvalue weighted by atomic mass is 10.3. The van der Waals surface area contributed by atoms with Crippen LogP contribution >= 0.6 is 12.4 Å². The SMILES string of the molecule is CC(c1cnccn1)S(=O)(=O)N1CCNCC1.Cl. The van der Waals surface area contributed by atoms with Crippen molar-refractivity contribution in [3.05, 3.63) is 24.3 Å². The second-order valence-electron chi connectivity index (χ2n) is 3.97. The Morgan fingerprint density at radius 3 is 2.56 bits per heavy atom. The molecule has 2 heterocycles. The van der Waals surface area contributed by atoms with E-state index >= 15 is 0 Å². The van der Waals surface area contributed by atoms with Crippen molar-refractivity contribution in [2.24, 2.45) is 0 Å². The Bertz CT molecular complexity index is 462. The van der Waals surface area contributed by atoms with Crippen molar-refractivity contribution in [2.75, 3.05) is 26.2 Å². The lowest BCUT2D eigenvalue weighted by Gasteiger charge is -2.29. The van der Waals surface area contributed by atoms with Crippen molar-refractivity contribution in [2.45, 2.75) is 12.2 Å². The van der Waals surface area contributed by atoms with Gasteiger partial charge < -0.3 is 5.32 Å². The molecule has 102 valence electrons. The summed E-state index contributed by atoms with van der Waals surface area (Å²) < 4.78 is 26.1. The molecule has 18 heavy (non-hydrogen) atoms. The summed E-state index contributed by atoms with van der Waals surface area (Å²) in [5, 5.41) is 2.49.